The average Bonchev–Trinajstić information content (AvgIpc) is 2.57. The highest BCUT2D eigenvalue weighted by molar-refractivity contribution is 5.40. The van der Waals surface area contributed by atoms with Crippen molar-refractivity contribution >= 4 is 5.82 Å². The van der Waals surface area contributed by atoms with Crippen LogP contribution in [0.25, 0.3) is 0 Å². The van der Waals surface area contributed by atoms with Crippen molar-refractivity contribution in [2.24, 2.45) is 7.05 Å². The normalized spacial score (nSPS) is 10.4. The van der Waals surface area contributed by atoms with Crippen LogP contribution in [0.4, 0.5) is 5.82 Å². The number of anilines is 1. The van der Waals surface area contributed by atoms with Gasteiger partial charge in [-0.25, -0.2) is 9.97 Å². The van der Waals surface area contributed by atoms with Crippen molar-refractivity contribution in [3.8, 4) is 11.6 Å². The molecule has 0 aliphatic rings. The Kier molecular flexibility index (Phi) is 3.45. The molecule has 0 saturated carbocycles. The second-order valence-corrected chi connectivity index (χ2v) is 4.00. The summed E-state index contributed by atoms with van der Waals surface area (Å²) in [5.41, 5.74) is 1.81. The molecule has 0 aliphatic carbocycles. The first-order valence-electron chi connectivity index (χ1n) is 5.85. The van der Waals surface area contributed by atoms with Gasteiger partial charge in [-0.2, -0.15) is 5.10 Å². The predicted molar refractivity (Wildman–Crippen MR) is 69.0 cm³/mol. The fourth-order valence-electron chi connectivity index (χ4n) is 1.68. The Bertz CT molecular complexity index is 549. The highest BCUT2D eigenvalue weighted by atomic mass is 16.5. The molecule has 0 radical (unpaired) electrons. The molecule has 2 aromatic rings. The number of hydrogen-bond donors (Lipinski definition) is 1. The van der Waals surface area contributed by atoms with E-state index in [1.54, 1.807) is 10.7 Å². The van der Waals surface area contributed by atoms with Crippen molar-refractivity contribution in [2.75, 3.05) is 11.9 Å². The lowest BCUT2D eigenvalue weighted by Crippen LogP contribution is -2.00. The average molecular weight is 247 g/mol. The Labute approximate surface area is 106 Å². The van der Waals surface area contributed by atoms with E-state index in [9.17, 15) is 0 Å². The number of ether oxygens (including phenoxy) is 1. The van der Waals surface area contributed by atoms with Crippen LogP contribution in [-0.4, -0.2) is 26.3 Å². The first kappa shape index (κ1) is 12.3. The Morgan fingerprint density at radius 2 is 2.11 bits per heavy atom. The number of nitrogens with zero attached hydrogens (tertiary/aromatic N) is 4. The van der Waals surface area contributed by atoms with Crippen LogP contribution in [0.3, 0.4) is 0 Å². The maximum atomic E-state index is 5.77. The molecule has 96 valence electrons. The van der Waals surface area contributed by atoms with E-state index in [2.05, 4.69) is 20.4 Å². The molecule has 0 unspecified atom stereocenters. The molecule has 2 heterocycles. The van der Waals surface area contributed by atoms with Crippen molar-refractivity contribution in [3.63, 3.8) is 0 Å². The molecule has 0 atom stereocenters. The van der Waals surface area contributed by atoms with Gasteiger partial charge in [0.05, 0.1) is 5.69 Å². The van der Waals surface area contributed by atoms with Crippen LogP contribution < -0.4 is 10.1 Å². The van der Waals surface area contributed by atoms with Gasteiger partial charge < -0.3 is 10.1 Å². The highest BCUT2D eigenvalue weighted by Crippen LogP contribution is 2.27. The lowest BCUT2D eigenvalue weighted by molar-refractivity contribution is 0.454. The van der Waals surface area contributed by atoms with Crippen LogP contribution in [0.5, 0.6) is 11.6 Å². The summed E-state index contributed by atoms with van der Waals surface area (Å²) in [7, 11) is 1.89. The van der Waals surface area contributed by atoms with Gasteiger partial charge in [0.2, 0.25) is 5.88 Å². The van der Waals surface area contributed by atoms with Crippen LogP contribution in [0.2, 0.25) is 0 Å². The van der Waals surface area contributed by atoms with Crippen molar-refractivity contribution in [2.45, 2.75) is 20.8 Å². The number of rotatable bonds is 4. The quantitative estimate of drug-likeness (QED) is 0.895. The number of hydrogen-bond acceptors (Lipinski definition) is 5. The molecule has 0 aromatic carbocycles. The van der Waals surface area contributed by atoms with Gasteiger partial charge in [-0.05, 0) is 20.8 Å². The zero-order valence-electron chi connectivity index (χ0n) is 11.1. The Balaban J connectivity index is 2.25. The zero-order valence-corrected chi connectivity index (χ0v) is 11.1. The van der Waals surface area contributed by atoms with Gasteiger partial charge in [-0.15, -0.1) is 0 Å². The molecule has 0 aliphatic heterocycles. The summed E-state index contributed by atoms with van der Waals surface area (Å²) in [5.74, 6) is 2.01. The van der Waals surface area contributed by atoms with Crippen LogP contribution in [0, 0.1) is 13.8 Å². The van der Waals surface area contributed by atoms with Crippen LogP contribution in [-0.2, 0) is 7.05 Å². The topological polar surface area (TPSA) is 64.9 Å². The molecule has 0 amide bonds. The van der Waals surface area contributed by atoms with E-state index in [-0.39, 0.29) is 0 Å². The predicted octanol–water partition coefficient (Wildman–Crippen LogP) is 2.05. The van der Waals surface area contributed by atoms with Crippen molar-refractivity contribution in [1.29, 1.82) is 0 Å². The zero-order chi connectivity index (χ0) is 13.1. The van der Waals surface area contributed by atoms with E-state index in [4.69, 9.17) is 4.74 Å². The largest absolute Gasteiger partial charge is 0.435 e. The molecule has 0 bridgehead atoms. The number of aryl methyl sites for hydroxylation is 2. The molecule has 18 heavy (non-hydrogen) atoms. The van der Waals surface area contributed by atoms with Crippen molar-refractivity contribution in [1.82, 2.24) is 19.7 Å². The Hall–Kier alpha value is -2.11. The summed E-state index contributed by atoms with van der Waals surface area (Å²) in [6.07, 6.45) is 1.48. The monoisotopic (exact) mass is 247 g/mol. The number of aromatic nitrogens is 4. The molecule has 0 fully saturated rings. The second-order valence-electron chi connectivity index (χ2n) is 4.00. The van der Waals surface area contributed by atoms with Gasteiger partial charge >= 0.3 is 0 Å². The maximum Gasteiger partial charge on any atom is 0.224 e. The summed E-state index contributed by atoms with van der Waals surface area (Å²) in [5, 5.41) is 7.41. The first-order chi connectivity index (χ1) is 8.61. The van der Waals surface area contributed by atoms with E-state index < -0.39 is 0 Å². The molecular formula is C12H17N5O. The fraction of sp³-hybridized carbons (Fsp3) is 0.417. The summed E-state index contributed by atoms with van der Waals surface area (Å²) < 4.78 is 7.56. The molecule has 0 saturated heterocycles. The maximum absolute atomic E-state index is 5.77. The fourth-order valence-corrected chi connectivity index (χ4v) is 1.68. The van der Waals surface area contributed by atoms with Crippen LogP contribution >= 0.6 is 0 Å². The lowest BCUT2D eigenvalue weighted by atomic mass is 10.3. The molecule has 2 rings (SSSR count). The SMILES string of the molecule is CCNc1cc(Oc2c(C)nn(C)c2C)ncn1. The lowest BCUT2D eigenvalue weighted by Gasteiger charge is -2.06. The third-order valence-corrected chi connectivity index (χ3v) is 2.65. The van der Waals surface area contributed by atoms with Crippen molar-refractivity contribution in [3.05, 3.63) is 23.8 Å². The molecule has 2 aromatic heterocycles. The van der Waals surface area contributed by atoms with E-state index >= 15 is 0 Å². The van der Waals surface area contributed by atoms with Gasteiger partial charge in [0.25, 0.3) is 0 Å². The third-order valence-electron chi connectivity index (χ3n) is 2.65. The van der Waals surface area contributed by atoms with Gasteiger partial charge in [-0.3, -0.25) is 4.68 Å². The third kappa shape index (κ3) is 2.42. The van der Waals surface area contributed by atoms with E-state index in [1.165, 1.54) is 6.33 Å². The van der Waals surface area contributed by atoms with Gasteiger partial charge in [0.1, 0.15) is 17.8 Å². The standard InChI is InChI=1S/C12H17N5O/c1-5-13-10-6-11(15-7-14-10)18-12-8(2)16-17(4)9(12)3/h6-7H,5H2,1-4H3,(H,13,14,15). The van der Waals surface area contributed by atoms with Gasteiger partial charge in [-0.1, -0.05) is 0 Å². The molecule has 1 N–H and O–H groups in total. The highest BCUT2D eigenvalue weighted by Gasteiger charge is 2.12. The van der Waals surface area contributed by atoms with Crippen LogP contribution in [0.15, 0.2) is 12.4 Å². The summed E-state index contributed by atoms with van der Waals surface area (Å²) in [4.78, 5) is 8.20. The smallest absolute Gasteiger partial charge is 0.224 e. The van der Waals surface area contributed by atoms with Crippen molar-refractivity contribution < 1.29 is 4.74 Å². The van der Waals surface area contributed by atoms with Gasteiger partial charge in [0.15, 0.2) is 5.75 Å². The summed E-state index contributed by atoms with van der Waals surface area (Å²) in [6, 6.07) is 1.77. The molecule has 0 spiro atoms. The Morgan fingerprint density at radius 3 is 2.72 bits per heavy atom. The second kappa shape index (κ2) is 5.03. The minimum atomic E-state index is 0.514. The minimum absolute atomic E-state index is 0.514. The molecule has 6 heteroatoms. The minimum Gasteiger partial charge on any atom is -0.435 e. The first-order valence-corrected chi connectivity index (χ1v) is 5.85. The van der Waals surface area contributed by atoms with Gasteiger partial charge in [0, 0.05) is 19.7 Å². The molecular weight excluding hydrogens is 230 g/mol. The van der Waals surface area contributed by atoms with Crippen LogP contribution in [0.1, 0.15) is 18.3 Å². The number of nitrogens with one attached hydrogen (secondary N) is 1. The van der Waals surface area contributed by atoms with E-state index in [1.807, 2.05) is 27.8 Å². The van der Waals surface area contributed by atoms with E-state index in [0.717, 1.165) is 29.5 Å². The Morgan fingerprint density at radius 1 is 1.33 bits per heavy atom. The molecule has 6 nitrogen and oxygen atoms in total. The summed E-state index contributed by atoms with van der Waals surface area (Å²) in [6.45, 7) is 6.69. The summed E-state index contributed by atoms with van der Waals surface area (Å²) >= 11 is 0. The van der Waals surface area contributed by atoms with E-state index in [0.29, 0.717) is 5.88 Å².